The minimum Gasteiger partial charge on any atom is -0.367 e. The number of hydrogen-bond donors (Lipinski definition) is 0. The van der Waals surface area contributed by atoms with Gasteiger partial charge in [-0.05, 0) is 20.2 Å². The molecule has 0 spiro atoms. The van der Waals surface area contributed by atoms with Crippen LogP contribution in [0.15, 0.2) is 12.3 Å². The Labute approximate surface area is 144 Å². The third kappa shape index (κ3) is 4.48. The Balaban J connectivity index is 2.16. The fraction of sp³-hybridized carbons (Fsp3) is 0.733. The molecule has 0 radical (unpaired) electrons. The van der Waals surface area contributed by atoms with E-state index in [0.717, 1.165) is 5.69 Å². The Morgan fingerprint density at radius 1 is 1.33 bits per heavy atom. The molecule has 0 N–H and O–H groups in total. The summed E-state index contributed by atoms with van der Waals surface area (Å²) in [6, 6.07) is 1.86. The van der Waals surface area contributed by atoms with Gasteiger partial charge >= 0.3 is 0 Å². The van der Waals surface area contributed by atoms with Crippen molar-refractivity contribution >= 4 is 10.2 Å². The first-order valence-corrected chi connectivity index (χ1v) is 9.61. The lowest BCUT2D eigenvalue weighted by molar-refractivity contribution is -0.00930. The number of nitrogens with zero attached hydrogens (tertiary/aromatic N) is 5. The van der Waals surface area contributed by atoms with Crippen LogP contribution >= 0.6 is 0 Å². The highest BCUT2D eigenvalue weighted by molar-refractivity contribution is 7.86. The van der Waals surface area contributed by atoms with Crippen molar-refractivity contribution in [3.63, 3.8) is 0 Å². The highest BCUT2D eigenvalue weighted by Gasteiger charge is 2.34. The largest absolute Gasteiger partial charge is 0.367 e. The van der Waals surface area contributed by atoms with Crippen LogP contribution in [-0.2, 0) is 21.5 Å². The van der Waals surface area contributed by atoms with Crippen LogP contribution in [0.4, 0.5) is 0 Å². The molecule has 24 heavy (non-hydrogen) atoms. The molecule has 1 aromatic rings. The van der Waals surface area contributed by atoms with Crippen molar-refractivity contribution in [3.8, 4) is 0 Å². The lowest BCUT2D eigenvalue weighted by Crippen LogP contribution is -2.49. The Morgan fingerprint density at radius 2 is 2.04 bits per heavy atom. The number of ether oxygens (including phenoxy) is 1. The molecule has 1 fully saturated rings. The summed E-state index contributed by atoms with van der Waals surface area (Å²) in [5.74, 6) is 0.536. The molecule has 1 aliphatic heterocycles. The highest BCUT2D eigenvalue weighted by Crippen LogP contribution is 2.22. The Bertz CT molecular complexity index is 634. The zero-order valence-electron chi connectivity index (χ0n) is 14.8. The van der Waals surface area contributed by atoms with Gasteiger partial charge in [0.15, 0.2) is 5.82 Å². The SMILES string of the molecule is CCN(CC)S(=O)(=O)N1CCO[C@H](c2nccc(CN(C)C)n2)C1. The van der Waals surface area contributed by atoms with Crippen molar-refractivity contribution < 1.29 is 13.2 Å². The summed E-state index contributed by atoms with van der Waals surface area (Å²) >= 11 is 0. The molecule has 0 unspecified atom stereocenters. The normalized spacial score (nSPS) is 20.0. The molecule has 1 aromatic heterocycles. The van der Waals surface area contributed by atoms with Crippen molar-refractivity contribution in [2.45, 2.75) is 26.5 Å². The minimum atomic E-state index is -3.47. The van der Waals surface area contributed by atoms with Gasteiger partial charge in [-0.2, -0.15) is 17.0 Å². The summed E-state index contributed by atoms with van der Waals surface area (Å²) in [5.41, 5.74) is 0.886. The van der Waals surface area contributed by atoms with Gasteiger partial charge < -0.3 is 9.64 Å². The Morgan fingerprint density at radius 3 is 2.67 bits per heavy atom. The second-order valence-corrected chi connectivity index (χ2v) is 7.88. The quantitative estimate of drug-likeness (QED) is 0.707. The van der Waals surface area contributed by atoms with Gasteiger partial charge in [0.1, 0.15) is 6.10 Å². The van der Waals surface area contributed by atoms with E-state index in [9.17, 15) is 8.42 Å². The lowest BCUT2D eigenvalue weighted by Gasteiger charge is -2.34. The van der Waals surface area contributed by atoms with Crippen LogP contribution in [0, 0.1) is 0 Å². The second-order valence-electron chi connectivity index (χ2n) is 5.95. The van der Waals surface area contributed by atoms with Crippen LogP contribution in [-0.4, -0.2) is 78.8 Å². The molecule has 9 heteroatoms. The molecule has 0 saturated carbocycles. The van der Waals surface area contributed by atoms with E-state index in [1.165, 1.54) is 8.61 Å². The van der Waals surface area contributed by atoms with Gasteiger partial charge in [0.25, 0.3) is 10.2 Å². The van der Waals surface area contributed by atoms with E-state index in [1.54, 1.807) is 6.20 Å². The topological polar surface area (TPSA) is 78.9 Å². The summed E-state index contributed by atoms with van der Waals surface area (Å²) in [6.45, 7) is 6.22. The standard InChI is InChI=1S/C15H27N5O3S/c1-5-19(6-2)24(21,22)20-9-10-23-14(12-20)15-16-8-7-13(17-15)11-18(3)4/h7-8,14H,5-6,9-12H2,1-4H3/t14-/m0/s1. The van der Waals surface area contributed by atoms with Crippen molar-refractivity contribution in [1.29, 1.82) is 0 Å². The summed E-state index contributed by atoms with van der Waals surface area (Å²) < 4.78 is 34.0. The van der Waals surface area contributed by atoms with Crippen molar-refractivity contribution in [2.24, 2.45) is 0 Å². The van der Waals surface area contributed by atoms with Crippen LogP contribution in [0.5, 0.6) is 0 Å². The van der Waals surface area contributed by atoms with Crippen LogP contribution in [0.2, 0.25) is 0 Å². The number of aromatic nitrogens is 2. The molecule has 0 amide bonds. The van der Waals surface area contributed by atoms with Crippen molar-refractivity contribution in [3.05, 3.63) is 23.8 Å². The molecule has 1 aliphatic rings. The van der Waals surface area contributed by atoms with Crippen molar-refractivity contribution in [2.75, 3.05) is 46.9 Å². The minimum absolute atomic E-state index is 0.240. The summed E-state index contributed by atoms with van der Waals surface area (Å²) in [7, 11) is 0.468. The first kappa shape index (κ1) is 19.2. The summed E-state index contributed by atoms with van der Waals surface area (Å²) in [6.07, 6.45) is 1.26. The molecule has 1 saturated heterocycles. The summed E-state index contributed by atoms with van der Waals surface area (Å²) in [5, 5.41) is 0. The molecular formula is C15H27N5O3S. The van der Waals surface area contributed by atoms with Crippen LogP contribution in [0.1, 0.15) is 31.5 Å². The molecule has 2 heterocycles. The molecule has 2 rings (SSSR count). The Kier molecular flexibility index (Phi) is 6.64. The summed E-state index contributed by atoms with van der Waals surface area (Å²) in [4.78, 5) is 10.8. The third-order valence-electron chi connectivity index (χ3n) is 3.89. The third-order valence-corrected chi connectivity index (χ3v) is 6.04. The number of hydrogen-bond acceptors (Lipinski definition) is 6. The fourth-order valence-electron chi connectivity index (χ4n) is 2.68. The maximum atomic E-state index is 12.7. The van der Waals surface area contributed by atoms with E-state index in [4.69, 9.17) is 4.74 Å². The highest BCUT2D eigenvalue weighted by atomic mass is 32.2. The van der Waals surface area contributed by atoms with E-state index < -0.39 is 16.3 Å². The van der Waals surface area contributed by atoms with E-state index in [1.807, 2.05) is 38.9 Å². The second kappa shape index (κ2) is 8.30. The predicted molar refractivity (Wildman–Crippen MR) is 91.5 cm³/mol. The van der Waals surface area contributed by atoms with Gasteiger partial charge in [0.2, 0.25) is 0 Å². The Hall–Kier alpha value is -1.13. The van der Waals surface area contributed by atoms with E-state index >= 15 is 0 Å². The van der Waals surface area contributed by atoms with Gasteiger partial charge in [0, 0.05) is 38.9 Å². The van der Waals surface area contributed by atoms with Crippen LogP contribution in [0.3, 0.4) is 0 Å². The lowest BCUT2D eigenvalue weighted by atomic mass is 10.2. The predicted octanol–water partition coefficient (Wildman–Crippen LogP) is 0.498. The van der Waals surface area contributed by atoms with Gasteiger partial charge in [-0.1, -0.05) is 13.8 Å². The molecule has 8 nitrogen and oxygen atoms in total. The maximum absolute atomic E-state index is 12.7. The molecule has 0 aliphatic carbocycles. The number of morpholine rings is 1. The monoisotopic (exact) mass is 357 g/mol. The molecule has 1 atom stereocenters. The molecular weight excluding hydrogens is 330 g/mol. The van der Waals surface area contributed by atoms with Crippen molar-refractivity contribution in [1.82, 2.24) is 23.5 Å². The van der Waals surface area contributed by atoms with Gasteiger partial charge in [0.05, 0.1) is 12.3 Å². The zero-order valence-corrected chi connectivity index (χ0v) is 15.7. The average molecular weight is 357 g/mol. The smallest absolute Gasteiger partial charge is 0.282 e. The van der Waals surface area contributed by atoms with E-state index in [0.29, 0.717) is 38.6 Å². The molecule has 0 aromatic carbocycles. The molecule has 136 valence electrons. The van der Waals surface area contributed by atoms with E-state index in [2.05, 4.69) is 9.97 Å². The first-order valence-electron chi connectivity index (χ1n) is 8.21. The average Bonchev–Trinajstić information content (AvgIpc) is 2.55. The zero-order chi connectivity index (χ0) is 17.7. The van der Waals surface area contributed by atoms with Crippen LogP contribution < -0.4 is 0 Å². The first-order chi connectivity index (χ1) is 11.4. The maximum Gasteiger partial charge on any atom is 0.282 e. The number of rotatable bonds is 7. The fourth-order valence-corrected chi connectivity index (χ4v) is 4.29. The van der Waals surface area contributed by atoms with Gasteiger partial charge in [-0.3, -0.25) is 0 Å². The van der Waals surface area contributed by atoms with E-state index in [-0.39, 0.29) is 6.54 Å². The van der Waals surface area contributed by atoms with Gasteiger partial charge in [-0.25, -0.2) is 9.97 Å². The van der Waals surface area contributed by atoms with Gasteiger partial charge in [-0.15, -0.1) is 0 Å². The van der Waals surface area contributed by atoms with Crippen LogP contribution in [0.25, 0.3) is 0 Å². The molecule has 0 bridgehead atoms.